The molecule has 0 aliphatic carbocycles. The van der Waals surface area contributed by atoms with Gasteiger partial charge in [-0.2, -0.15) is 0 Å². The minimum absolute atomic E-state index is 0.391. The Morgan fingerprint density at radius 3 is 2.41 bits per heavy atom. The molecule has 1 heterocycles. The van der Waals surface area contributed by atoms with Crippen molar-refractivity contribution in [2.75, 3.05) is 36.5 Å². The number of hydrogen-bond acceptors (Lipinski definition) is 5. The van der Waals surface area contributed by atoms with Gasteiger partial charge in [0.1, 0.15) is 0 Å². The first kappa shape index (κ1) is 20.9. The fraction of sp³-hybridized carbons (Fsp3) is 0.273. The molecule has 152 valence electrons. The number of esters is 1. The van der Waals surface area contributed by atoms with E-state index < -0.39 is 18.0 Å². The molecule has 2 aromatic carbocycles. The van der Waals surface area contributed by atoms with Crippen molar-refractivity contribution < 1.29 is 19.1 Å². The van der Waals surface area contributed by atoms with Crippen molar-refractivity contribution in [2.24, 2.45) is 0 Å². The molecule has 29 heavy (non-hydrogen) atoms. The highest BCUT2D eigenvalue weighted by molar-refractivity contribution is 6.30. The van der Waals surface area contributed by atoms with Crippen LogP contribution in [0.4, 0.5) is 11.4 Å². The lowest BCUT2D eigenvalue weighted by Crippen LogP contribution is -2.36. The fourth-order valence-corrected chi connectivity index (χ4v) is 2.95. The number of halogens is 1. The summed E-state index contributed by atoms with van der Waals surface area (Å²) >= 11 is 5.83. The number of benzene rings is 2. The zero-order valence-electron chi connectivity index (χ0n) is 16.1. The Hall–Kier alpha value is -2.83. The third-order valence-corrected chi connectivity index (χ3v) is 4.71. The average Bonchev–Trinajstić information content (AvgIpc) is 2.74. The molecule has 0 aromatic heterocycles. The number of ether oxygens (including phenoxy) is 2. The standard InChI is InChI=1S/C22H23ClN2O4/c1-16(29-21(26)11-4-17-2-5-18(23)6-3-17)22(27)24-19-7-9-20(10-8-19)25-12-14-28-15-13-25/h2-11,16H,12-15H2,1H3,(H,24,27)/b11-4+/t16-/m0/s1. The summed E-state index contributed by atoms with van der Waals surface area (Å²) in [5.41, 5.74) is 2.54. The summed E-state index contributed by atoms with van der Waals surface area (Å²) in [7, 11) is 0. The van der Waals surface area contributed by atoms with E-state index in [9.17, 15) is 9.59 Å². The van der Waals surface area contributed by atoms with Crippen LogP contribution in [-0.4, -0.2) is 44.3 Å². The molecule has 1 saturated heterocycles. The first-order valence-corrected chi connectivity index (χ1v) is 9.77. The Labute approximate surface area is 175 Å². The number of rotatable bonds is 6. The zero-order valence-corrected chi connectivity index (χ0v) is 16.9. The number of amides is 1. The SMILES string of the molecule is C[C@H](OC(=O)/C=C/c1ccc(Cl)cc1)C(=O)Nc1ccc(N2CCOCC2)cc1. The van der Waals surface area contributed by atoms with Crippen LogP contribution in [-0.2, 0) is 19.1 Å². The van der Waals surface area contributed by atoms with E-state index in [2.05, 4.69) is 10.2 Å². The molecule has 0 unspecified atom stereocenters. The van der Waals surface area contributed by atoms with Gasteiger partial charge in [0.05, 0.1) is 13.2 Å². The average molecular weight is 415 g/mol. The van der Waals surface area contributed by atoms with E-state index in [1.54, 1.807) is 30.3 Å². The Morgan fingerprint density at radius 1 is 1.10 bits per heavy atom. The van der Waals surface area contributed by atoms with Crippen LogP contribution < -0.4 is 10.2 Å². The van der Waals surface area contributed by atoms with Crippen LogP contribution >= 0.6 is 11.6 Å². The molecule has 0 radical (unpaired) electrons. The summed E-state index contributed by atoms with van der Waals surface area (Å²) in [5.74, 6) is -0.984. The van der Waals surface area contributed by atoms with E-state index in [-0.39, 0.29) is 0 Å². The van der Waals surface area contributed by atoms with Crippen molar-refractivity contribution in [1.29, 1.82) is 0 Å². The maximum atomic E-state index is 12.3. The smallest absolute Gasteiger partial charge is 0.331 e. The highest BCUT2D eigenvalue weighted by Crippen LogP contribution is 2.19. The van der Waals surface area contributed by atoms with Crippen LogP contribution in [0.5, 0.6) is 0 Å². The number of morpholine rings is 1. The van der Waals surface area contributed by atoms with E-state index in [0.717, 1.165) is 24.3 Å². The van der Waals surface area contributed by atoms with Gasteiger partial charge in [0.15, 0.2) is 6.10 Å². The van der Waals surface area contributed by atoms with Crippen molar-refractivity contribution in [1.82, 2.24) is 0 Å². The van der Waals surface area contributed by atoms with Gasteiger partial charge < -0.3 is 19.7 Å². The van der Waals surface area contributed by atoms with Crippen molar-refractivity contribution in [3.63, 3.8) is 0 Å². The molecule has 1 atom stereocenters. The van der Waals surface area contributed by atoms with E-state index in [1.807, 2.05) is 24.3 Å². The molecule has 6 nitrogen and oxygen atoms in total. The molecule has 1 N–H and O–H groups in total. The Bertz CT molecular complexity index is 859. The predicted molar refractivity (Wildman–Crippen MR) is 114 cm³/mol. The van der Waals surface area contributed by atoms with E-state index >= 15 is 0 Å². The summed E-state index contributed by atoms with van der Waals surface area (Å²) in [6.07, 6.45) is 1.97. The first-order chi connectivity index (χ1) is 14.0. The number of nitrogens with one attached hydrogen (secondary N) is 1. The molecule has 0 spiro atoms. The fourth-order valence-electron chi connectivity index (χ4n) is 2.83. The summed E-state index contributed by atoms with van der Waals surface area (Å²) in [6, 6.07) is 14.6. The van der Waals surface area contributed by atoms with Crippen molar-refractivity contribution in [2.45, 2.75) is 13.0 Å². The molecular weight excluding hydrogens is 392 g/mol. The summed E-state index contributed by atoms with van der Waals surface area (Å²) in [6.45, 7) is 4.66. The molecule has 3 rings (SSSR count). The van der Waals surface area contributed by atoms with Crippen LogP contribution in [0.3, 0.4) is 0 Å². The summed E-state index contributed by atoms with van der Waals surface area (Å²) in [4.78, 5) is 26.5. The Kier molecular flexibility index (Phi) is 7.27. The van der Waals surface area contributed by atoms with Gasteiger partial charge in [-0.05, 0) is 55.0 Å². The highest BCUT2D eigenvalue weighted by atomic mass is 35.5. The van der Waals surface area contributed by atoms with Crippen LogP contribution in [0.2, 0.25) is 5.02 Å². The zero-order chi connectivity index (χ0) is 20.6. The van der Waals surface area contributed by atoms with Crippen LogP contribution in [0.15, 0.2) is 54.6 Å². The summed E-state index contributed by atoms with van der Waals surface area (Å²) in [5, 5.41) is 3.38. The second-order valence-corrected chi connectivity index (χ2v) is 7.04. The Morgan fingerprint density at radius 2 is 1.76 bits per heavy atom. The van der Waals surface area contributed by atoms with Crippen LogP contribution in [0.1, 0.15) is 12.5 Å². The molecule has 0 saturated carbocycles. The van der Waals surface area contributed by atoms with Gasteiger partial charge in [-0.1, -0.05) is 23.7 Å². The normalized spacial score (nSPS) is 15.2. The minimum Gasteiger partial charge on any atom is -0.449 e. The van der Waals surface area contributed by atoms with Gasteiger partial charge in [0.25, 0.3) is 5.91 Å². The molecule has 1 fully saturated rings. The number of carbonyl (C=O) groups is 2. The van der Waals surface area contributed by atoms with Crippen molar-refractivity contribution in [3.05, 3.63) is 65.2 Å². The van der Waals surface area contributed by atoms with E-state index in [0.29, 0.717) is 23.9 Å². The second-order valence-electron chi connectivity index (χ2n) is 6.60. The first-order valence-electron chi connectivity index (χ1n) is 9.39. The minimum atomic E-state index is -0.920. The van der Waals surface area contributed by atoms with Gasteiger partial charge >= 0.3 is 5.97 Å². The van der Waals surface area contributed by atoms with Gasteiger partial charge in [-0.15, -0.1) is 0 Å². The lowest BCUT2D eigenvalue weighted by Gasteiger charge is -2.28. The lowest BCUT2D eigenvalue weighted by molar-refractivity contribution is -0.148. The second kappa shape index (κ2) is 10.1. The largest absolute Gasteiger partial charge is 0.449 e. The number of nitrogens with zero attached hydrogens (tertiary/aromatic N) is 1. The van der Waals surface area contributed by atoms with Crippen molar-refractivity contribution in [3.8, 4) is 0 Å². The lowest BCUT2D eigenvalue weighted by atomic mass is 10.2. The molecule has 7 heteroatoms. The molecule has 1 aliphatic rings. The number of anilines is 2. The third kappa shape index (κ3) is 6.34. The topological polar surface area (TPSA) is 67.9 Å². The number of carbonyl (C=O) groups excluding carboxylic acids is 2. The van der Waals surface area contributed by atoms with Gasteiger partial charge in [0, 0.05) is 35.6 Å². The monoisotopic (exact) mass is 414 g/mol. The van der Waals surface area contributed by atoms with Crippen LogP contribution in [0.25, 0.3) is 6.08 Å². The molecule has 1 aliphatic heterocycles. The summed E-state index contributed by atoms with van der Waals surface area (Å²) < 4.78 is 10.5. The van der Waals surface area contributed by atoms with E-state index in [4.69, 9.17) is 21.1 Å². The molecule has 2 aromatic rings. The quantitative estimate of drug-likeness (QED) is 0.575. The highest BCUT2D eigenvalue weighted by Gasteiger charge is 2.17. The molecule has 1 amide bonds. The maximum Gasteiger partial charge on any atom is 0.331 e. The molecular formula is C22H23ClN2O4. The van der Waals surface area contributed by atoms with Gasteiger partial charge in [-0.25, -0.2) is 4.79 Å². The third-order valence-electron chi connectivity index (χ3n) is 4.46. The maximum absolute atomic E-state index is 12.3. The predicted octanol–water partition coefficient (Wildman–Crippen LogP) is 3.76. The van der Waals surface area contributed by atoms with Crippen LogP contribution in [0, 0.1) is 0 Å². The Balaban J connectivity index is 1.49. The van der Waals surface area contributed by atoms with Crippen molar-refractivity contribution >= 4 is 40.9 Å². The number of hydrogen-bond donors (Lipinski definition) is 1. The van der Waals surface area contributed by atoms with Gasteiger partial charge in [0.2, 0.25) is 0 Å². The van der Waals surface area contributed by atoms with Gasteiger partial charge in [-0.3, -0.25) is 4.79 Å². The van der Waals surface area contributed by atoms with E-state index in [1.165, 1.54) is 13.0 Å². The molecule has 0 bridgehead atoms.